The third-order valence-corrected chi connectivity index (χ3v) is 5.00. The quantitative estimate of drug-likeness (QED) is 0.770. The van der Waals surface area contributed by atoms with E-state index < -0.39 is 5.97 Å². The molecule has 1 fully saturated rings. The highest BCUT2D eigenvalue weighted by atomic mass is 32.1. The number of thiazole rings is 1. The van der Waals surface area contributed by atoms with Gasteiger partial charge >= 0.3 is 5.97 Å². The Kier molecular flexibility index (Phi) is 5.68. The zero-order chi connectivity index (χ0) is 18.7. The summed E-state index contributed by atoms with van der Waals surface area (Å²) in [6.07, 6.45) is -0.0389. The van der Waals surface area contributed by atoms with Crippen molar-refractivity contribution >= 4 is 23.2 Å². The number of esters is 1. The van der Waals surface area contributed by atoms with Crippen molar-refractivity contribution in [3.63, 3.8) is 0 Å². The molecule has 7 heteroatoms. The van der Waals surface area contributed by atoms with Crippen LogP contribution >= 0.6 is 11.3 Å². The first-order valence-corrected chi connectivity index (χ1v) is 9.43. The zero-order valence-corrected chi connectivity index (χ0v) is 15.9. The van der Waals surface area contributed by atoms with Crippen LogP contribution in [-0.4, -0.2) is 53.7 Å². The minimum absolute atomic E-state index is 0.0194. The first kappa shape index (κ1) is 18.5. The fourth-order valence-corrected chi connectivity index (χ4v) is 3.67. The summed E-state index contributed by atoms with van der Waals surface area (Å²) in [6, 6.07) is 7.93. The van der Waals surface area contributed by atoms with Gasteiger partial charge in [0.05, 0.1) is 12.2 Å². The highest BCUT2D eigenvalue weighted by Gasteiger charge is 2.26. The smallest absolute Gasteiger partial charge is 0.358 e. The van der Waals surface area contributed by atoms with E-state index in [4.69, 9.17) is 9.47 Å². The van der Waals surface area contributed by atoms with Crippen LogP contribution in [0, 0.1) is 6.92 Å². The van der Waals surface area contributed by atoms with E-state index in [0.29, 0.717) is 13.1 Å². The standard InChI is InChI=1S/C19H22N2O4S/c1-12-4-6-15(7-5-12)18-20-16(11-26-18)19(23)24-10-17(22)21-8-13(2)25-14(3)9-21/h4-7,11,13-14H,8-10H2,1-3H3/t13-,14+. The number of rotatable bonds is 4. The summed E-state index contributed by atoms with van der Waals surface area (Å²) in [5.41, 5.74) is 2.34. The van der Waals surface area contributed by atoms with Crippen molar-refractivity contribution < 1.29 is 19.1 Å². The summed E-state index contributed by atoms with van der Waals surface area (Å²) in [5.74, 6) is -0.795. The number of carbonyl (C=O) groups is 2. The predicted octanol–water partition coefficient (Wildman–Crippen LogP) is 2.91. The molecule has 1 amide bonds. The van der Waals surface area contributed by atoms with E-state index in [-0.39, 0.29) is 30.4 Å². The lowest BCUT2D eigenvalue weighted by atomic mass is 10.2. The summed E-state index contributed by atoms with van der Waals surface area (Å²) < 4.78 is 10.8. The molecule has 0 aliphatic carbocycles. The first-order valence-electron chi connectivity index (χ1n) is 8.55. The van der Waals surface area contributed by atoms with Gasteiger partial charge in [0, 0.05) is 24.0 Å². The number of benzene rings is 1. The Morgan fingerprint density at radius 3 is 2.54 bits per heavy atom. The van der Waals surface area contributed by atoms with Crippen molar-refractivity contribution in [2.24, 2.45) is 0 Å². The van der Waals surface area contributed by atoms with Crippen LogP contribution in [0.4, 0.5) is 0 Å². The van der Waals surface area contributed by atoms with Gasteiger partial charge in [0.1, 0.15) is 5.01 Å². The molecule has 138 valence electrons. The number of amides is 1. The second-order valence-corrected chi connectivity index (χ2v) is 7.39. The van der Waals surface area contributed by atoms with E-state index in [9.17, 15) is 9.59 Å². The van der Waals surface area contributed by atoms with Crippen molar-refractivity contribution in [3.8, 4) is 10.6 Å². The average Bonchev–Trinajstić information content (AvgIpc) is 3.09. The van der Waals surface area contributed by atoms with Crippen LogP contribution < -0.4 is 0 Å². The number of carbonyl (C=O) groups excluding carboxylic acids is 2. The molecule has 2 aromatic rings. The molecule has 0 unspecified atom stereocenters. The van der Waals surface area contributed by atoms with Gasteiger partial charge in [-0.25, -0.2) is 9.78 Å². The largest absolute Gasteiger partial charge is 0.451 e. The van der Waals surface area contributed by atoms with Crippen LogP contribution in [0.3, 0.4) is 0 Å². The number of aromatic nitrogens is 1. The van der Waals surface area contributed by atoms with Crippen molar-refractivity contribution in [1.29, 1.82) is 0 Å². The normalized spacial score (nSPS) is 20.0. The van der Waals surface area contributed by atoms with Gasteiger partial charge in [-0.15, -0.1) is 11.3 Å². The molecule has 1 aliphatic rings. The van der Waals surface area contributed by atoms with Crippen LogP contribution in [0.1, 0.15) is 29.9 Å². The summed E-state index contributed by atoms with van der Waals surface area (Å²) in [7, 11) is 0. The Morgan fingerprint density at radius 2 is 1.88 bits per heavy atom. The molecule has 1 aromatic carbocycles. The van der Waals surface area contributed by atoms with Crippen molar-refractivity contribution in [2.45, 2.75) is 33.0 Å². The Labute approximate surface area is 156 Å². The summed E-state index contributed by atoms with van der Waals surface area (Å²) in [6.45, 7) is 6.59. The topological polar surface area (TPSA) is 68.7 Å². The molecule has 0 radical (unpaired) electrons. The second-order valence-electron chi connectivity index (χ2n) is 6.54. The van der Waals surface area contributed by atoms with E-state index >= 15 is 0 Å². The van der Waals surface area contributed by atoms with Gasteiger partial charge in [0.2, 0.25) is 0 Å². The molecule has 2 atom stereocenters. The number of hydrogen-bond acceptors (Lipinski definition) is 6. The van der Waals surface area contributed by atoms with Crippen LogP contribution in [0.5, 0.6) is 0 Å². The summed E-state index contributed by atoms with van der Waals surface area (Å²) in [5, 5.41) is 2.40. The van der Waals surface area contributed by atoms with Gasteiger partial charge in [0.15, 0.2) is 12.3 Å². The molecule has 26 heavy (non-hydrogen) atoms. The van der Waals surface area contributed by atoms with Crippen molar-refractivity contribution in [3.05, 3.63) is 40.9 Å². The fraction of sp³-hybridized carbons (Fsp3) is 0.421. The molecule has 0 N–H and O–H groups in total. The minimum atomic E-state index is -0.581. The molecular formula is C19H22N2O4S. The van der Waals surface area contributed by atoms with E-state index in [0.717, 1.165) is 16.1 Å². The highest BCUT2D eigenvalue weighted by Crippen LogP contribution is 2.24. The van der Waals surface area contributed by atoms with Crippen LogP contribution in [0.25, 0.3) is 10.6 Å². The monoisotopic (exact) mass is 374 g/mol. The van der Waals surface area contributed by atoms with E-state index in [1.54, 1.807) is 10.3 Å². The summed E-state index contributed by atoms with van der Waals surface area (Å²) >= 11 is 1.38. The van der Waals surface area contributed by atoms with E-state index in [2.05, 4.69) is 4.98 Å². The molecule has 1 aliphatic heterocycles. The van der Waals surface area contributed by atoms with Gasteiger partial charge in [-0.1, -0.05) is 29.8 Å². The van der Waals surface area contributed by atoms with Gasteiger partial charge < -0.3 is 14.4 Å². The second kappa shape index (κ2) is 7.97. The van der Waals surface area contributed by atoms with Crippen LogP contribution in [0.2, 0.25) is 0 Å². The van der Waals surface area contributed by atoms with Crippen molar-refractivity contribution in [1.82, 2.24) is 9.88 Å². The average molecular weight is 374 g/mol. The molecule has 0 spiro atoms. The Morgan fingerprint density at radius 1 is 1.23 bits per heavy atom. The number of aryl methyl sites for hydroxylation is 1. The van der Waals surface area contributed by atoms with E-state index in [1.807, 2.05) is 45.0 Å². The molecular weight excluding hydrogens is 352 g/mol. The van der Waals surface area contributed by atoms with E-state index in [1.165, 1.54) is 11.3 Å². The lowest BCUT2D eigenvalue weighted by Crippen LogP contribution is -2.49. The molecule has 1 saturated heterocycles. The lowest BCUT2D eigenvalue weighted by molar-refractivity contribution is -0.146. The highest BCUT2D eigenvalue weighted by molar-refractivity contribution is 7.13. The molecule has 0 saturated carbocycles. The molecule has 3 rings (SSSR count). The Balaban J connectivity index is 1.57. The van der Waals surface area contributed by atoms with Crippen LogP contribution in [-0.2, 0) is 14.3 Å². The van der Waals surface area contributed by atoms with Gasteiger partial charge in [0.25, 0.3) is 5.91 Å². The predicted molar refractivity (Wildman–Crippen MR) is 99.2 cm³/mol. The molecule has 1 aromatic heterocycles. The van der Waals surface area contributed by atoms with Gasteiger partial charge in [-0.3, -0.25) is 4.79 Å². The minimum Gasteiger partial charge on any atom is -0.451 e. The fourth-order valence-electron chi connectivity index (χ4n) is 2.87. The van der Waals surface area contributed by atoms with Crippen LogP contribution in [0.15, 0.2) is 29.6 Å². The zero-order valence-electron chi connectivity index (χ0n) is 15.1. The maximum Gasteiger partial charge on any atom is 0.358 e. The molecule has 2 heterocycles. The third kappa shape index (κ3) is 4.47. The Hall–Kier alpha value is -2.25. The number of morpholine rings is 1. The molecule has 6 nitrogen and oxygen atoms in total. The summed E-state index contributed by atoms with van der Waals surface area (Å²) in [4.78, 5) is 30.4. The number of hydrogen-bond donors (Lipinski definition) is 0. The maximum absolute atomic E-state index is 12.3. The van der Waals surface area contributed by atoms with Crippen molar-refractivity contribution in [2.75, 3.05) is 19.7 Å². The Bertz CT molecular complexity index is 777. The van der Waals surface area contributed by atoms with Gasteiger partial charge in [-0.05, 0) is 20.8 Å². The SMILES string of the molecule is Cc1ccc(-c2nc(C(=O)OCC(=O)N3C[C@@H](C)O[C@@H](C)C3)cs2)cc1. The number of ether oxygens (including phenoxy) is 2. The first-order chi connectivity index (χ1) is 12.4. The third-order valence-electron chi connectivity index (χ3n) is 4.11. The molecule has 0 bridgehead atoms. The lowest BCUT2D eigenvalue weighted by Gasteiger charge is -2.35. The van der Waals surface area contributed by atoms with Gasteiger partial charge in [-0.2, -0.15) is 0 Å². The maximum atomic E-state index is 12.3. The number of nitrogens with zero attached hydrogens (tertiary/aromatic N) is 2.